The number of fused-ring (bicyclic) bond motifs is 2. The summed E-state index contributed by atoms with van der Waals surface area (Å²) < 4.78 is 0. The van der Waals surface area contributed by atoms with Gasteiger partial charge in [-0.25, -0.2) is 0 Å². The van der Waals surface area contributed by atoms with Crippen LogP contribution in [0.5, 0.6) is 5.75 Å². The molecule has 2 aromatic carbocycles. The Hall–Kier alpha value is -2.31. The van der Waals surface area contributed by atoms with Gasteiger partial charge in [0.2, 0.25) is 0 Å². The molecule has 3 rings (SSSR count). The van der Waals surface area contributed by atoms with Crippen LogP contribution < -0.4 is 11.5 Å². The molecule has 1 aliphatic rings. The van der Waals surface area contributed by atoms with E-state index in [1.807, 2.05) is 0 Å². The minimum absolute atomic E-state index is 0.102. The summed E-state index contributed by atoms with van der Waals surface area (Å²) in [6, 6.07) is 7.93. The van der Waals surface area contributed by atoms with E-state index in [4.69, 9.17) is 11.5 Å². The summed E-state index contributed by atoms with van der Waals surface area (Å²) in [5.74, 6) is -0.148. The summed E-state index contributed by atoms with van der Waals surface area (Å²) in [5.41, 5.74) is 12.7. The van der Waals surface area contributed by atoms with Crippen LogP contribution in [-0.2, 0) is 0 Å². The van der Waals surface area contributed by atoms with Gasteiger partial charge in [-0.15, -0.1) is 11.8 Å². The fourth-order valence-electron chi connectivity index (χ4n) is 2.57. The van der Waals surface area contributed by atoms with Crippen LogP contribution in [0.2, 0.25) is 0 Å². The van der Waals surface area contributed by atoms with Crippen LogP contribution in [0.1, 0.15) is 31.8 Å². The minimum atomic E-state index is -0.303. The van der Waals surface area contributed by atoms with Gasteiger partial charge >= 0.3 is 0 Å². The van der Waals surface area contributed by atoms with Gasteiger partial charge in [-0.1, -0.05) is 24.3 Å². The summed E-state index contributed by atoms with van der Waals surface area (Å²) in [4.78, 5) is 25.6. The van der Waals surface area contributed by atoms with E-state index in [1.54, 1.807) is 24.3 Å². The molecule has 6 heteroatoms. The molecular weight excluding hydrogens is 300 g/mol. The van der Waals surface area contributed by atoms with E-state index in [9.17, 15) is 14.7 Å². The van der Waals surface area contributed by atoms with Gasteiger partial charge in [-0.3, -0.25) is 9.59 Å². The molecule has 0 aromatic heterocycles. The monoisotopic (exact) mass is 314 g/mol. The van der Waals surface area contributed by atoms with Gasteiger partial charge in [0.25, 0.3) is 0 Å². The molecule has 5 nitrogen and oxygen atoms in total. The number of phenolic OH excluding ortho intramolecular Hbond substituents is 1. The molecule has 0 heterocycles. The van der Waals surface area contributed by atoms with Crippen molar-refractivity contribution >= 4 is 29.0 Å². The van der Waals surface area contributed by atoms with Gasteiger partial charge in [-0.2, -0.15) is 0 Å². The lowest BCUT2D eigenvalue weighted by molar-refractivity contribution is 0.0979. The number of phenols is 1. The lowest BCUT2D eigenvalue weighted by Crippen LogP contribution is -2.22. The van der Waals surface area contributed by atoms with Gasteiger partial charge in [-0.05, 0) is 6.07 Å². The third-order valence-corrected chi connectivity index (χ3v) is 4.71. The number of nitrogen functional groups attached to an aromatic ring is 1. The fourth-order valence-corrected chi connectivity index (χ4v) is 3.35. The molecule has 0 unspecified atom stereocenters. The molecule has 0 aliphatic heterocycles. The first-order valence-corrected chi connectivity index (χ1v) is 7.71. The number of hydrogen-bond donors (Lipinski definition) is 3. The number of thioether (sulfide) groups is 1. The number of nitrogens with two attached hydrogens (primary N) is 2. The Kier molecular flexibility index (Phi) is 3.64. The van der Waals surface area contributed by atoms with Gasteiger partial charge in [0.15, 0.2) is 11.6 Å². The summed E-state index contributed by atoms with van der Waals surface area (Å²) in [5, 5.41) is 10.1. The highest BCUT2D eigenvalue weighted by Gasteiger charge is 2.33. The highest BCUT2D eigenvalue weighted by Crippen LogP contribution is 2.41. The Bertz CT molecular complexity index is 802. The van der Waals surface area contributed by atoms with E-state index >= 15 is 0 Å². The van der Waals surface area contributed by atoms with E-state index in [0.717, 1.165) is 0 Å². The number of carbonyl (C=O) groups excluding carboxylic acids is 2. The van der Waals surface area contributed by atoms with Crippen molar-refractivity contribution in [3.05, 3.63) is 52.6 Å². The second-order valence-electron chi connectivity index (χ2n) is 4.90. The molecule has 5 N–H and O–H groups in total. The van der Waals surface area contributed by atoms with Crippen molar-refractivity contribution in [2.75, 3.05) is 18.0 Å². The van der Waals surface area contributed by atoms with E-state index in [0.29, 0.717) is 28.3 Å². The SMILES string of the molecule is NCCSc1c(O)cc2c(c1N)C(=O)c1ccccc1C2=O. The Morgan fingerprint density at radius 3 is 2.32 bits per heavy atom. The van der Waals surface area contributed by atoms with Gasteiger partial charge in [0.05, 0.1) is 16.1 Å². The zero-order valence-electron chi connectivity index (χ0n) is 11.6. The molecule has 22 heavy (non-hydrogen) atoms. The normalized spacial score (nSPS) is 13.0. The molecule has 0 saturated carbocycles. The Balaban J connectivity index is 2.23. The van der Waals surface area contributed by atoms with Crippen LogP contribution >= 0.6 is 11.8 Å². The van der Waals surface area contributed by atoms with Crippen LogP contribution in [0.25, 0.3) is 0 Å². The topological polar surface area (TPSA) is 106 Å². The smallest absolute Gasteiger partial charge is 0.196 e. The number of rotatable bonds is 3. The van der Waals surface area contributed by atoms with E-state index < -0.39 is 0 Å². The maximum atomic E-state index is 12.7. The first kappa shape index (κ1) is 14.6. The summed E-state index contributed by atoms with van der Waals surface area (Å²) in [7, 11) is 0. The van der Waals surface area contributed by atoms with E-state index in [-0.39, 0.29) is 34.1 Å². The highest BCUT2D eigenvalue weighted by atomic mass is 32.2. The Labute approximate surface area is 131 Å². The fraction of sp³-hybridized carbons (Fsp3) is 0.125. The maximum Gasteiger partial charge on any atom is 0.196 e. The van der Waals surface area contributed by atoms with Crippen LogP contribution in [0.3, 0.4) is 0 Å². The van der Waals surface area contributed by atoms with E-state index in [1.165, 1.54) is 17.8 Å². The summed E-state index contributed by atoms with van der Waals surface area (Å²) in [6.07, 6.45) is 0. The molecule has 0 bridgehead atoms. The van der Waals surface area contributed by atoms with Gasteiger partial charge in [0.1, 0.15) is 5.75 Å². The van der Waals surface area contributed by atoms with Gasteiger partial charge < -0.3 is 16.6 Å². The molecular formula is C16H14N2O3S. The number of carbonyl (C=O) groups is 2. The van der Waals surface area contributed by atoms with Crippen LogP contribution in [0.4, 0.5) is 5.69 Å². The molecule has 0 amide bonds. The van der Waals surface area contributed by atoms with Crippen molar-refractivity contribution < 1.29 is 14.7 Å². The van der Waals surface area contributed by atoms with Crippen molar-refractivity contribution in [2.45, 2.75) is 4.90 Å². The molecule has 0 spiro atoms. The van der Waals surface area contributed by atoms with Gasteiger partial charge in [0, 0.05) is 29.0 Å². The van der Waals surface area contributed by atoms with Crippen molar-refractivity contribution in [3.63, 3.8) is 0 Å². The molecule has 0 saturated heterocycles. The predicted octanol–water partition coefficient (Wildman–Crippen LogP) is 1.80. The van der Waals surface area contributed by atoms with Crippen molar-refractivity contribution in [1.29, 1.82) is 0 Å². The van der Waals surface area contributed by atoms with Crippen LogP contribution in [0, 0.1) is 0 Å². The van der Waals surface area contributed by atoms with Crippen LogP contribution in [-0.4, -0.2) is 29.0 Å². The van der Waals surface area contributed by atoms with Crippen molar-refractivity contribution in [1.82, 2.24) is 0 Å². The summed E-state index contributed by atoms with van der Waals surface area (Å²) >= 11 is 1.27. The number of ketones is 2. The second kappa shape index (κ2) is 5.47. The Morgan fingerprint density at radius 2 is 1.68 bits per heavy atom. The van der Waals surface area contributed by atoms with Crippen molar-refractivity contribution in [3.8, 4) is 5.75 Å². The highest BCUT2D eigenvalue weighted by molar-refractivity contribution is 7.99. The van der Waals surface area contributed by atoms with Crippen LogP contribution in [0.15, 0.2) is 35.2 Å². The lowest BCUT2D eigenvalue weighted by Gasteiger charge is -2.21. The average Bonchev–Trinajstić information content (AvgIpc) is 2.52. The molecule has 0 atom stereocenters. The molecule has 112 valence electrons. The molecule has 0 fully saturated rings. The first-order chi connectivity index (χ1) is 10.6. The number of hydrogen-bond acceptors (Lipinski definition) is 6. The molecule has 2 aromatic rings. The van der Waals surface area contributed by atoms with Crippen molar-refractivity contribution in [2.24, 2.45) is 5.73 Å². The van der Waals surface area contributed by atoms with E-state index in [2.05, 4.69) is 0 Å². The predicted molar refractivity (Wildman–Crippen MR) is 85.6 cm³/mol. The zero-order chi connectivity index (χ0) is 15.9. The Morgan fingerprint density at radius 1 is 1.05 bits per heavy atom. The largest absolute Gasteiger partial charge is 0.507 e. The second-order valence-corrected chi connectivity index (χ2v) is 6.01. The number of anilines is 1. The lowest BCUT2D eigenvalue weighted by atomic mass is 9.83. The average molecular weight is 314 g/mol. The third kappa shape index (κ3) is 2.08. The minimum Gasteiger partial charge on any atom is -0.507 e. The maximum absolute atomic E-state index is 12.7. The standard InChI is InChI=1S/C16H14N2O3S/c17-5-6-22-16-11(19)7-10-12(13(16)18)15(21)9-4-2-1-3-8(9)14(10)20/h1-4,7,19H,5-6,17-18H2. The first-order valence-electron chi connectivity index (χ1n) is 6.73. The zero-order valence-corrected chi connectivity index (χ0v) is 12.4. The molecule has 0 radical (unpaired) electrons. The summed E-state index contributed by atoms with van der Waals surface area (Å²) in [6.45, 7) is 0.413. The quantitative estimate of drug-likeness (QED) is 0.503. The number of benzene rings is 2. The third-order valence-electron chi connectivity index (χ3n) is 3.55. The molecule has 1 aliphatic carbocycles. The number of aromatic hydroxyl groups is 1.